The average molecular weight is 440 g/mol. The molecular weight excluding hydrogens is 414 g/mol. The maximum atomic E-state index is 12.7. The van der Waals surface area contributed by atoms with Crippen LogP contribution in [0.25, 0.3) is 10.9 Å². The first-order chi connectivity index (χ1) is 14.8. The Kier molecular flexibility index (Phi) is 4.62. The van der Waals surface area contributed by atoms with Crippen LogP contribution in [0, 0.1) is 17.2 Å². The van der Waals surface area contributed by atoms with Gasteiger partial charge in [0.2, 0.25) is 0 Å². The minimum atomic E-state index is -2.81. The summed E-state index contributed by atoms with van der Waals surface area (Å²) < 4.78 is 22.9. The van der Waals surface area contributed by atoms with Crippen LogP contribution < -0.4 is 10.9 Å². The van der Waals surface area contributed by atoms with Gasteiger partial charge < -0.3 is 10.3 Å². The van der Waals surface area contributed by atoms with E-state index in [0.29, 0.717) is 34.0 Å². The summed E-state index contributed by atoms with van der Waals surface area (Å²) >= 11 is 0. The summed E-state index contributed by atoms with van der Waals surface area (Å²) in [5.41, 5.74) is 2.09. The van der Waals surface area contributed by atoms with Crippen LogP contribution in [0.4, 0.5) is 11.5 Å². The van der Waals surface area contributed by atoms with E-state index in [4.69, 9.17) is 5.10 Å². The fourth-order valence-corrected chi connectivity index (χ4v) is 6.57. The number of fused-ring (bicyclic) bond motifs is 2. The second-order valence-corrected chi connectivity index (χ2v) is 11.0. The van der Waals surface area contributed by atoms with Crippen molar-refractivity contribution in [3.8, 4) is 6.07 Å². The van der Waals surface area contributed by atoms with E-state index in [9.17, 15) is 19.2 Å². The van der Waals surface area contributed by atoms with E-state index in [0.717, 1.165) is 24.1 Å². The minimum absolute atomic E-state index is 0.00864. The van der Waals surface area contributed by atoms with E-state index < -0.39 is 10.6 Å². The zero-order valence-corrected chi connectivity index (χ0v) is 18.2. The Hall–Kier alpha value is -2.80. The maximum absolute atomic E-state index is 12.7. The van der Waals surface area contributed by atoms with Crippen molar-refractivity contribution in [2.45, 2.75) is 55.2 Å². The predicted molar refractivity (Wildman–Crippen MR) is 121 cm³/mol. The summed E-state index contributed by atoms with van der Waals surface area (Å²) in [6.45, 7) is 3.85. The van der Waals surface area contributed by atoms with E-state index in [1.54, 1.807) is 18.3 Å². The van der Waals surface area contributed by atoms with Crippen LogP contribution >= 0.6 is 10.6 Å². The van der Waals surface area contributed by atoms with E-state index in [1.807, 2.05) is 30.7 Å². The number of hydrogen-bond acceptors (Lipinski definition) is 6. The highest BCUT2D eigenvalue weighted by Crippen LogP contribution is 2.64. The lowest BCUT2D eigenvalue weighted by atomic mass is 9.98. The second kappa shape index (κ2) is 7.12. The average Bonchev–Trinajstić information content (AvgIpc) is 3.50. The molecule has 9 heteroatoms. The molecular formula is C22H25N5O3S. The number of aromatic amines is 1. The molecule has 4 N–H and O–H groups in total. The molecule has 162 valence electrons. The zero-order valence-electron chi connectivity index (χ0n) is 17.4. The molecule has 1 aliphatic heterocycles. The number of nitrogens with one attached hydrogen (secondary N) is 2. The Balaban J connectivity index is 1.58. The lowest BCUT2D eigenvalue weighted by Gasteiger charge is -2.33. The second-order valence-electron chi connectivity index (χ2n) is 8.59. The van der Waals surface area contributed by atoms with Gasteiger partial charge in [0.25, 0.3) is 5.56 Å². The first-order valence-electron chi connectivity index (χ1n) is 10.5. The van der Waals surface area contributed by atoms with E-state index in [-0.39, 0.29) is 22.8 Å². The van der Waals surface area contributed by atoms with Crippen LogP contribution in [0.3, 0.4) is 0 Å². The van der Waals surface area contributed by atoms with Crippen LogP contribution in [0.1, 0.15) is 50.6 Å². The van der Waals surface area contributed by atoms with Gasteiger partial charge in [-0.25, -0.2) is 0 Å². The van der Waals surface area contributed by atoms with Crippen molar-refractivity contribution < 1.29 is 9.11 Å². The number of anilines is 2. The number of benzene rings is 1. The van der Waals surface area contributed by atoms with Crippen molar-refractivity contribution >= 4 is 33.0 Å². The van der Waals surface area contributed by atoms with Crippen molar-refractivity contribution in [2.24, 2.45) is 5.92 Å². The third-order valence-electron chi connectivity index (χ3n) is 6.72. The Labute approximate surface area is 181 Å². The molecule has 0 spiro atoms. The zero-order chi connectivity index (χ0) is 21.9. The molecule has 0 saturated heterocycles. The number of H-pyrrole nitrogens is 1. The first-order valence-corrected chi connectivity index (χ1v) is 12.1. The van der Waals surface area contributed by atoms with Gasteiger partial charge in [0.05, 0.1) is 34.2 Å². The van der Waals surface area contributed by atoms with E-state index in [2.05, 4.69) is 16.4 Å². The van der Waals surface area contributed by atoms with Gasteiger partial charge in [-0.2, -0.15) is 21.0 Å². The fourth-order valence-electron chi connectivity index (χ4n) is 4.60. The summed E-state index contributed by atoms with van der Waals surface area (Å²) in [4.78, 5) is 16.0. The summed E-state index contributed by atoms with van der Waals surface area (Å²) in [5.74, 6) is 0.849. The maximum Gasteiger partial charge on any atom is 0.261 e. The van der Waals surface area contributed by atoms with Crippen LogP contribution in [0.15, 0.2) is 40.2 Å². The van der Waals surface area contributed by atoms with Crippen LogP contribution in [-0.2, 0) is 0 Å². The molecule has 1 saturated carbocycles. The molecule has 1 unspecified atom stereocenters. The Morgan fingerprint density at radius 3 is 2.84 bits per heavy atom. The summed E-state index contributed by atoms with van der Waals surface area (Å²) in [7, 11) is -2.81. The molecule has 2 aromatic heterocycles. The van der Waals surface area contributed by atoms with Crippen LogP contribution in [0.5, 0.6) is 0 Å². The number of pyridine rings is 1. The molecule has 1 aromatic carbocycles. The number of nitrogens with zero attached hydrogens (tertiary/aromatic N) is 3. The predicted octanol–water partition coefficient (Wildman–Crippen LogP) is 4.95. The highest BCUT2D eigenvalue weighted by Gasteiger charge is 2.40. The largest absolute Gasteiger partial charge is 0.338 e. The standard InChI is InChI=1S/C22H25N5O3S/c1-12-13(2)31(29,30)19-6-5-15(11-16(12)19)25-21-20-18(8-10-24-22(20)28)27(26-21)17(7-9-23)14-3-4-14/h5-6,8,10-14,17,29-30H,3-4,7H2,1-2H3,(H,24,28)(H,25,26)/t12-,13-,17?/m0/s1. The smallest absolute Gasteiger partial charge is 0.261 e. The van der Waals surface area contributed by atoms with Crippen LogP contribution in [0.2, 0.25) is 0 Å². The van der Waals surface area contributed by atoms with Gasteiger partial charge in [0.1, 0.15) is 5.39 Å². The van der Waals surface area contributed by atoms with Gasteiger partial charge in [-0.3, -0.25) is 18.6 Å². The molecule has 31 heavy (non-hydrogen) atoms. The molecule has 3 aromatic rings. The SMILES string of the molecule is C[C@@H]1c2cc(Nc3nn(C(CC#N)C4CC4)c4cc[nH]c(=O)c34)ccc2S(O)(O)[C@H]1C. The molecule has 1 fully saturated rings. The van der Waals surface area contributed by atoms with E-state index in [1.165, 1.54) is 0 Å². The van der Waals surface area contributed by atoms with E-state index >= 15 is 0 Å². The van der Waals surface area contributed by atoms with Gasteiger partial charge in [-0.15, -0.1) is 0 Å². The molecule has 3 heterocycles. The summed E-state index contributed by atoms with van der Waals surface area (Å²) in [6.07, 6.45) is 4.08. The van der Waals surface area contributed by atoms with Gasteiger partial charge in [-0.1, -0.05) is 6.92 Å². The van der Waals surface area contributed by atoms with Gasteiger partial charge in [-0.05, 0) is 55.5 Å². The summed E-state index contributed by atoms with van der Waals surface area (Å²) in [6, 6.07) is 9.47. The molecule has 0 amide bonds. The number of hydrogen-bond donors (Lipinski definition) is 4. The summed E-state index contributed by atoms with van der Waals surface area (Å²) in [5, 5.41) is 17.5. The number of rotatable bonds is 5. The molecule has 5 rings (SSSR count). The van der Waals surface area contributed by atoms with Gasteiger partial charge in [0, 0.05) is 17.8 Å². The molecule has 0 bridgehead atoms. The lowest BCUT2D eigenvalue weighted by Crippen LogP contribution is -2.13. The Morgan fingerprint density at radius 2 is 2.13 bits per heavy atom. The Bertz CT molecular complexity index is 1270. The molecule has 3 atom stereocenters. The highest BCUT2D eigenvalue weighted by molar-refractivity contribution is 8.25. The van der Waals surface area contributed by atoms with Crippen molar-refractivity contribution in [2.75, 3.05) is 5.32 Å². The molecule has 8 nitrogen and oxygen atoms in total. The quantitative estimate of drug-likeness (QED) is 0.445. The lowest BCUT2D eigenvalue weighted by molar-refractivity contribution is 0.426. The normalized spacial score (nSPS) is 23.8. The van der Waals surface area contributed by atoms with Crippen LogP contribution in [-0.4, -0.2) is 29.1 Å². The third-order valence-corrected chi connectivity index (χ3v) is 9.18. The number of aromatic nitrogens is 3. The molecule has 2 aliphatic rings. The van der Waals surface area contributed by atoms with Gasteiger partial charge in [0.15, 0.2) is 5.82 Å². The monoisotopic (exact) mass is 439 g/mol. The topological polar surface area (TPSA) is 127 Å². The molecule has 1 aliphatic carbocycles. The number of nitriles is 1. The van der Waals surface area contributed by atoms with Crippen molar-refractivity contribution in [3.63, 3.8) is 0 Å². The fraction of sp³-hybridized carbons (Fsp3) is 0.409. The van der Waals surface area contributed by atoms with Crippen molar-refractivity contribution in [3.05, 3.63) is 46.4 Å². The molecule has 0 radical (unpaired) electrons. The van der Waals surface area contributed by atoms with Crippen molar-refractivity contribution in [1.82, 2.24) is 14.8 Å². The highest BCUT2D eigenvalue weighted by atomic mass is 32.3. The first kappa shape index (κ1) is 20.1. The third kappa shape index (κ3) is 3.14. The Morgan fingerprint density at radius 1 is 1.35 bits per heavy atom. The van der Waals surface area contributed by atoms with Gasteiger partial charge >= 0.3 is 0 Å². The minimum Gasteiger partial charge on any atom is -0.338 e. The van der Waals surface area contributed by atoms with Crippen molar-refractivity contribution in [1.29, 1.82) is 5.26 Å².